The van der Waals surface area contributed by atoms with E-state index in [1.165, 1.54) is 6.92 Å². The fourth-order valence-electron chi connectivity index (χ4n) is 2.20. The molecule has 0 aliphatic carbocycles. The second-order valence-electron chi connectivity index (χ2n) is 5.18. The van der Waals surface area contributed by atoms with E-state index in [1.807, 2.05) is 0 Å². The van der Waals surface area contributed by atoms with Crippen molar-refractivity contribution in [3.05, 3.63) is 0 Å². The number of carbonyl (C=O) groups excluding carboxylic acids is 4. The predicted molar refractivity (Wildman–Crippen MR) is 76.1 cm³/mol. The maximum Gasteiger partial charge on any atom is 0.304 e. The number of nitrogens with two attached hydrogens (primary N) is 1. The van der Waals surface area contributed by atoms with Crippen molar-refractivity contribution < 1.29 is 42.9 Å². The smallest absolute Gasteiger partial charge is 0.304 e. The van der Waals surface area contributed by atoms with Gasteiger partial charge in [0.2, 0.25) is 6.29 Å². The minimum Gasteiger partial charge on any atom is -0.463 e. The molecule has 0 saturated carbocycles. The standard InChI is InChI=1S/C14H21NO9/c1-6(16)20-5-10-12(21-7(2)17)13(22-8(3)18)11(15)14(24-10)23-9(4)19/h10-14H,5,15H2,1-4H3/t10?,11?,12-,13?,14-/m1/s1. The van der Waals surface area contributed by atoms with Gasteiger partial charge >= 0.3 is 23.9 Å². The molecule has 1 aliphatic rings. The molecule has 2 N–H and O–H groups in total. The van der Waals surface area contributed by atoms with Crippen LogP contribution in [0.3, 0.4) is 0 Å². The van der Waals surface area contributed by atoms with Crippen LogP contribution < -0.4 is 5.73 Å². The van der Waals surface area contributed by atoms with Crippen molar-refractivity contribution in [1.29, 1.82) is 0 Å². The molecule has 1 saturated heterocycles. The molecule has 1 aliphatic heterocycles. The van der Waals surface area contributed by atoms with E-state index >= 15 is 0 Å². The van der Waals surface area contributed by atoms with Gasteiger partial charge in [-0.05, 0) is 0 Å². The molecule has 5 atom stereocenters. The topological polar surface area (TPSA) is 140 Å². The Kier molecular flexibility index (Phi) is 7.11. The number of hydrogen-bond donors (Lipinski definition) is 1. The highest BCUT2D eigenvalue weighted by atomic mass is 16.7. The highest BCUT2D eigenvalue weighted by Crippen LogP contribution is 2.26. The van der Waals surface area contributed by atoms with E-state index in [2.05, 4.69) is 0 Å². The third kappa shape index (κ3) is 5.78. The molecule has 0 radical (unpaired) electrons. The molecule has 0 aromatic carbocycles. The van der Waals surface area contributed by atoms with E-state index in [1.54, 1.807) is 0 Å². The lowest BCUT2D eigenvalue weighted by atomic mass is 9.97. The molecule has 24 heavy (non-hydrogen) atoms. The van der Waals surface area contributed by atoms with Crippen LogP contribution in [0.15, 0.2) is 0 Å². The Morgan fingerprint density at radius 2 is 1.33 bits per heavy atom. The molecule has 10 heteroatoms. The van der Waals surface area contributed by atoms with E-state index in [0.29, 0.717) is 0 Å². The van der Waals surface area contributed by atoms with Gasteiger partial charge < -0.3 is 29.4 Å². The number of rotatable bonds is 5. The van der Waals surface area contributed by atoms with Crippen molar-refractivity contribution >= 4 is 23.9 Å². The summed E-state index contributed by atoms with van der Waals surface area (Å²) in [7, 11) is 0. The number of hydrogen-bond acceptors (Lipinski definition) is 10. The Hall–Kier alpha value is -2.20. The predicted octanol–water partition coefficient (Wildman–Crippen LogP) is -0.972. The molecule has 1 heterocycles. The quantitative estimate of drug-likeness (QED) is 0.487. The first-order valence-corrected chi connectivity index (χ1v) is 7.18. The molecule has 10 nitrogen and oxygen atoms in total. The average molecular weight is 347 g/mol. The van der Waals surface area contributed by atoms with Crippen LogP contribution in [-0.4, -0.2) is 61.1 Å². The Labute approximate surface area is 138 Å². The number of esters is 4. The van der Waals surface area contributed by atoms with Crippen LogP contribution in [0.1, 0.15) is 27.7 Å². The molecular weight excluding hydrogens is 326 g/mol. The lowest BCUT2D eigenvalue weighted by Gasteiger charge is -2.42. The maximum atomic E-state index is 11.3. The lowest BCUT2D eigenvalue weighted by molar-refractivity contribution is -0.267. The van der Waals surface area contributed by atoms with Gasteiger partial charge in [-0.1, -0.05) is 0 Å². The summed E-state index contributed by atoms with van der Waals surface area (Å²) in [5.74, 6) is -2.62. The molecule has 0 spiro atoms. The van der Waals surface area contributed by atoms with E-state index in [9.17, 15) is 19.2 Å². The second kappa shape index (κ2) is 8.60. The van der Waals surface area contributed by atoms with Crippen LogP contribution in [0.2, 0.25) is 0 Å². The first-order valence-electron chi connectivity index (χ1n) is 7.18. The summed E-state index contributed by atoms with van der Waals surface area (Å²) in [6.07, 6.45) is -4.58. The average Bonchev–Trinajstić information content (AvgIpc) is 2.42. The summed E-state index contributed by atoms with van der Waals surface area (Å²) in [6, 6.07) is -1.10. The molecule has 0 aromatic rings. The summed E-state index contributed by atoms with van der Waals surface area (Å²) in [6.45, 7) is 4.32. The maximum absolute atomic E-state index is 11.3. The second-order valence-corrected chi connectivity index (χ2v) is 5.18. The molecule has 1 fully saturated rings. The van der Waals surface area contributed by atoms with Crippen LogP contribution in [0, 0.1) is 0 Å². The largest absolute Gasteiger partial charge is 0.463 e. The summed E-state index contributed by atoms with van der Waals surface area (Å²) >= 11 is 0. The normalized spacial score (nSPS) is 29.3. The highest BCUT2D eigenvalue weighted by molar-refractivity contribution is 5.68. The number of carbonyl (C=O) groups is 4. The summed E-state index contributed by atoms with van der Waals surface area (Å²) in [4.78, 5) is 44.9. The fourth-order valence-corrected chi connectivity index (χ4v) is 2.20. The molecule has 0 aromatic heterocycles. The van der Waals surface area contributed by atoms with Gasteiger partial charge in [0.25, 0.3) is 0 Å². The summed E-state index contributed by atoms with van der Waals surface area (Å²) < 4.78 is 25.5. The van der Waals surface area contributed by atoms with Crippen LogP contribution in [0.4, 0.5) is 0 Å². The minimum absolute atomic E-state index is 0.310. The molecule has 0 bridgehead atoms. The molecular formula is C14H21NO9. The van der Waals surface area contributed by atoms with Gasteiger partial charge in [-0.3, -0.25) is 19.2 Å². The zero-order chi connectivity index (χ0) is 18.4. The fraction of sp³-hybridized carbons (Fsp3) is 0.714. The van der Waals surface area contributed by atoms with Crippen molar-refractivity contribution in [2.24, 2.45) is 5.73 Å². The van der Waals surface area contributed by atoms with Gasteiger partial charge in [0, 0.05) is 27.7 Å². The van der Waals surface area contributed by atoms with Crippen molar-refractivity contribution in [3.8, 4) is 0 Å². The van der Waals surface area contributed by atoms with Gasteiger partial charge in [-0.15, -0.1) is 0 Å². The van der Waals surface area contributed by atoms with Gasteiger partial charge in [-0.25, -0.2) is 0 Å². The first-order chi connectivity index (χ1) is 11.1. The third-order valence-electron chi connectivity index (χ3n) is 3.03. The van der Waals surface area contributed by atoms with Gasteiger partial charge in [0.1, 0.15) is 18.8 Å². The SMILES string of the molecule is CC(=O)OCC1O[C@@H](OC(C)=O)C(N)C(OC(C)=O)[C@@H]1OC(C)=O. The minimum atomic E-state index is -1.26. The Morgan fingerprint density at radius 1 is 0.833 bits per heavy atom. The molecule has 0 amide bonds. The van der Waals surface area contributed by atoms with E-state index in [0.717, 1.165) is 20.8 Å². The first kappa shape index (κ1) is 19.8. The van der Waals surface area contributed by atoms with E-state index in [4.69, 9.17) is 29.4 Å². The van der Waals surface area contributed by atoms with E-state index < -0.39 is 54.5 Å². The van der Waals surface area contributed by atoms with Crippen molar-refractivity contribution in [2.45, 2.75) is 58.3 Å². The van der Waals surface area contributed by atoms with Crippen molar-refractivity contribution in [2.75, 3.05) is 6.61 Å². The van der Waals surface area contributed by atoms with Crippen LogP contribution in [-0.2, 0) is 42.9 Å². The van der Waals surface area contributed by atoms with Crippen LogP contribution >= 0.6 is 0 Å². The highest BCUT2D eigenvalue weighted by Gasteiger charge is 2.50. The Bertz CT molecular complexity index is 490. The van der Waals surface area contributed by atoms with Gasteiger partial charge in [-0.2, -0.15) is 0 Å². The van der Waals surface area contributed by atoms with Crippen LogP contribution in [0.5, 0.6) is 0 Å². The molecule has 1 rings (SSSR count). The molecule has 3 unspecified atom stereocenters. The monoisotopic (exact) mass is 347 g/mol. The lowest BCUT2D eigenvalue weighted by Crippen LogP contribution is -2.65. The zero-order valence-electron chi connectivity index (χ0n) is 13.8. The van der Waals surface area contributed by atoms with Gasteiger partial charge in [0.15, 0.2) is 12.2 Å². The molecule has 136 valence electrons. The zero-order valence-corrected chi connectivity index (χ0v) is 13.8. The number of ether oxygens (including phenoxy) is 5. The van der Waals surface area contributed by atoms with Gasteiger partial charge in [0.05, 0.1) is 0 Å². The van der Waals surface area contributed by atoms with E-state index in [-0.39, 0.29) is 6.61 Å². The van der Waals surface area contributed by atoms with Crippen LogP contribution in [0.25, 0.3) is 0 Å². The van der Waals surface area contributed by atoms with Crippen molar-refractivity contribution in [1.82, 2.24) is 0 Å². The Balaban J connectivity index is 3.08. The Morgan fingerprint density at radius 3 is 1.79 bits per heavy atom. The summed E-state index contributed by atoms with van der Waals surface area (Å²) in [5.41, 5.74) is 5.93. The third-order valence-corrected chi connectivity index (χ3v) is 3.03. The summed E-state index contributed by atoms with van der Waals surface area (Å²) in [5, 5.41) is 0. The van der Waals surface area contributed by atoms with Crippen molar-refractivity contribution in [3.63, 3.8) is 0 Å².